The normalized spacial score (nSPS) is 12.2. The fourth-order valence-corrected chi connectivity index (χ4v) is 2.80. The Balaban J connectivity index is 2.22. The van der Waals surface area contributed by atoms with Gasteiger partial charge in [0.05, 0.1) is 12.5 Å². The van der Waals surface area contributed by atoms with Gasteiger partial charge >= 0.3 is 0 Å². The van der Waals surface area contributed by atoms with Crippen LogP contribution in [0.5, 0.6) is 5.75 Å². The van der Waals surface area contributed by atoms with Crippen molar-refractivity contribution >= 4 is 27.5 Å². The molecule has 0 saturated heterocycles. The van der Waals surface area contributed by atoms with Crippen LogP contribution >= 0.6 is 27.5 Å². The predicted molar refractivity (Wildman–Crippen MR) is 84.2 cm³/mol. The van der Waals surface area contributed by atoms with Crippen molar-refractivity contribution in [2.45, 2.75) is 18.7 Å². The quantitative estimate of drug-likeness (QED) is 0.688. The molecule has 100 valence electrons. The van der Waals surface area contributed by atoms with E-state index in [9.17, 15) is 0 Å². The topological polar surface area (TPSA) is 9.23 Å². The van der Waals surface area contributed by atoms with Gasteiger partial charge in [-0.05, 0) is 31.0 Å². The number of aryl methyl sites for hydroxylation is 1. The maximum absolute atomic E-state index is 6.53. The van der Waals surface area contributed by atoms with Gasteiger partial charge in [0.2, 0.25) is 0 Å². The summed E-state index contributed by atoms with van der Waals surface area (Å²) in [5, 5.41) is -0.0927. The molecule has 0 fully saturated rings. The number of alkyl halides is 1. The molecule has 0 N–H and O–H groups in total. The standard InChI is InChI=1S/C16H16BrClO/c1-11-4-3-5-12(8-11)9-15(18)14-7-6-13(17)10-16(14)19-2/h3-8,10,15H,9H2,1-2H3. The van der Waals surface area contributed by atoms with Crippen LogP contribution in [0.25, 0.3) is 0 Å². The third-order valence-corrected chi connectivity index (χ3v) is 3.91. The van der Waals surface area contributed by atoms with Crippen molar-refractivity contribution in [3.05, 3.63) is 63.6 Å². The van der Waals surface area contributed by atoms with Gasteiger partial charge in [-0.2, -0.15) is 0 Å². The average Bonchev–Trinajstić information content (AvgIpc) is 2.38. The van der Waals surface area contributed by atoms with Crippen molar-refractivity contribution < 1.29 is 4.74 Å². The van der Waals surface area contributed by atoms with Gasteiger partial charge < -0.3 is 4.74 Å². The Morgan fingerprint density at radius 2 is 2.00 bits per heavy atom. The van der Waals surface area contributed by atoms with E-state index in [2.05, 4.69) is 47.1 Å². The number of halogens is 2. The monoisotopic (exact) mass is 338 g/mol. The van der Waals surface area contributed by atoms with Crippen molar-refractivity contribution in [1.82, 2.24) is 0 Å². The lowest BCUT2D eigenvalue weighted by molar-refractivity contribution is 0.408. The molecule has 2 aromatic carbocycles. The Labute approximate surface area is 127 Å². The van der Waals surface area contributed by atoms with Crippen molar-refractivity contribution in [3.63, 3.8) is 0 Å². The van der Waals surface area contributed by atoms with Gasteiger partial charge in [0.1, 0.15) is 5.75 Å². The van der Waals surface area contributed by atoms with Crippen molar-refractivity contribution in [3.8, 4) is 5.75 Å². The zero-order chi connectivity index (χ0) is 13.8. The highest BCUT2D eigenvalue weighted by Gasteiger charge is 2.14. The van der Waals surface area contributed by atoms with Gasteiger partial charge in [0.15, 0.2) is 0 Å². The van der Waals surface area contributed by atoms with Crippen molar-refractivity contribution in [2.24, 2.45) is 0 Å². The van der Waals surface area contributed by atoms with Crippen LogP contribution in [0.2, 0.25) is 0 Å². The van der Waals surface area contributed by atoms with E-state index >= 15 is 0 Å². The summed E-state index contributed by atoms with van der Waals surface area (Å²) in [7, 11) is 1.67. The molecule has 0 aliphatic carbocycles. The van der Waals surface area contributed by atoms with Gasteiger partial charge in [-0.15, -0.1) is 11.6 Å². The smallest absolute Gasteiger partial charge is 0.124 e. The number of methoxy groups -OCH3 is 1. The Kier molecular flexibility index (Phi) is 4.89. The van der Waals surface area contributed by atoms with Crippen LogP contribution in [-0.2, 0) is 6.42 Å². The summed E-state index contributed by atoms with van der Waals surface area (Å²) in [6.07, 6.45) is 0.793. The summed E-state index contributed by atoms with van der Waals surface area (Å²) < 4.78 is 6.39. The Morgan fingerprint density at radius 3 is 2.68 bits per heavy atom. The van der Waals surface area contributed by atoms with Crippen LogP contribution in [-0.4, -0.2) is 7.11 Å². The zero-order valence-corrected chi connectivity index (χ0v) is 13.3. The Bertz CT molecular complexity index is 568. The SMILES string of the molecule is COc1cc(Br)ccc1C(Cl)Cc1cccc(C)c1. The second-order valence-corrected chi connectivity index (χ2v) is 5.99. The molecule has 0 aromatic heterocycles. The lowest BCUT2D eigenvalue weighted by atomic mass is 10.0. The molecule has 0 aliphatic rings. The number of hydrogen-bond donors (Lipinski definition) is 0. The first-order valence-electron chi connectivity index (χ1n) is 6.13. The lowest BCUT2D eigenvalue weighted by Crippen LogP contribution is -1.99. The minimum atomic E-state index is -0.0927. The van der Waals surface area contributed by atoms with Crippen LogP contribution in [0.1, 0.15) is 22.1 Å². The van der Waals surface area contributed by atoms with Gasteiger partial charge in [-0.3, -0.25) is 0 Å². The van der Waals surface area contributed by atoms with E-state index in [-0.39, 0.29) is 5.38 Å². The van der Waals surface area contributed by atoms with Crippen LogP contribution in [0.4, 0.5) is 0 Å². The fraction of sp³-hybridized carbons (Fsp3) is 0.250. The van der Waals surface area contributed by atoms with E-state index in [0.717, 1.165) is 22.2 Å². The molecule has 0 bridgehead atoms. The second kappa shape index (κ2) is 6.44. The van der Waals surface area contributed by atoms with E-state index < -0.39 is 0 Å². The summed E-state index contributed by atoms with van der Waals surface area (Å²) in [5.74, 6) is 0.821. The third kappa shape index (κ3) is 3.74. The second-order valence-electron chi connectivity index (χ2n) is 4.55. The lowest BCUT2D eigenvalue weighted by Gasteiger charge is -2.14. The van der Waals surface area contributed by atoms with Crippen LogP contribution in [0.15, 0.2) is 46.9 Å². The van der Waals surface area contributed by atoms with Gasteiger partial charge in [-0.1, -0.05) is 51.8 Å². The summed E-state index contributed by atoms with van der Waals surface area (Å²) in [5.41, 5.74) is 3.52. The summed E-state index contributed by atoms with van der Waals surface area (Å²) in [4.78, 5) is 0. The van der Waals surface area contributed by atoms with E-state index in [1.165, 1.54) is 11.1 Å². The highest BCUT2D eigenvalue weighted by Crippen LogP contribution is 2.34. The van der Waals surface area contributed by atoms with E-state index in [1.54, 1.807) is 7.11 Å². The van der Waals surface area contributed by atoms with E-state index in [0.29, 0.717) is 0 Å². The molecule has 2 rings (SSSR count). The molecule has 19 heavy (non-hydrogen) atoms. The molecular formula is C16H16BrClO. The summed E-state index contributed by atoms with van der Waals surface area (Å²) >= 11 is 9.97. The average molecular weight is 340 g/mol. The summed E-state index contributed by atoms with van der Waals surface area (Å²) in [6.45, 7) is 2.09. The molecule has 1 unspecified atom stereocenters. The number of benzene rings is 2. The van der Waals surface area contributed by atoms with Gasteiger partial charge in [0.25, 0.3) is 0 Å². The van der Waals surface area contributed by atoms with Gasteiger partial charge in [-0.25, -0.2) is 0 Å². The zero-order valence-electron chi connectivity index (χ0n) is 11.0. The van der Waals surface area contributed by atoms with E-state index in [4.69, 9.17) is 16.3 Å². The molecule has 0 spiro atoms. The molecule has 1 atom stereocenters. The predicted octanol–water partition coefficient (Wildman–Crippen LogP) is 5.29. The highest BCUT2D eigenvalue weighted by molar-refractivity contribution is 9.10. The molecule has 3 heteroatoms. The molecule has 0 amide bonds. The number of rotatable bonds is 4. The molecular weight excluding hydrogens is 324 g/mol. The fourth-order valence-electron chi connectivity index (χ4n) is 2.10. The first kappa shape index (κ1) is 14.4. The minimum absolute atomic E-state index is 0.0927. The first-order valence-corrected chi connectivity index (χ1v) is 7.36. The maximum atomic E-state index is 6.53. The molecule has 1 nitrogen and oxygen atoms in total. The van der Waals surface area contributed by atoms with Gasteiger partial charge in [0, 0.05) is 10.0 Å². The molecule has 0 heterocycles. The van der Waals surface area contributed by atoms with Crippen LogP contribution in [0.3, 0.4) is 0 Å². The van der Waals surface area contributed by atoms with Crippen molar-refractivity contribution in [1.29, 1.82) is 0 Å². The molecule has 0 aliphatic heterocycles. The molecule has 0 saturated carbocycles. The number of ether oxygens (including phenoxy) is 1. The Hall–Kier alpha value is -0.990. The first-order chi connectivity index (χ1) is 9.10. The highest BCUT2D eigenvalue weighted by atomic mass is 79.9. The molecule has 2 aromatic rings. The minimum Gasteiger partial charge on any atom is -0.496 e. The number of hydrogen-bond acceptors (Lipinski definition) is 1. The summed E-state index contributed by atoms with van der Waals surface area (Å²) in [6, 6.07) is 14.4. The maximum Gasteiger partial charge on any atom is 0.124 e. The van der Waals surface area contributed by atoms with Crippen LogP contribution in [0, 0.1) is 6.92 Å². The largest absolute Gasteiger partial charge is 0.496 e. The molecule has 0 radical (unpaired) electrons. The third-order valence-electron chi connectivity index (χ3n) is 3.03. The van der Waals surface area contributed by atoms with Crippen molar-refractivity contribution in [2.75, 3.05) is 7.11 Å². The van der Waals surface area contributed by atoms with E-state index in [1.807, 2.05) is 18.2 Å². The Morgan fingerprint density at radius 1 is 1.21 bits per heavy atom. The van der Waals surface area contributed by atoms with Crippen LogP contribution < -0.4 is 4.74 Å².